The van der Waals surface area contributed by atoms with Crippen molar-refractivity contribution in [1.82, 2.24) is 9.62 Å². The molecule has 8 nitrogen and oxygen atoms in total. The summed E-state index contributed by atoms with van der Waals surface area (Å²) in [4.78, 5) is 14.6. The van der Waals surface area contributed by atoms with Crippen LogP contribution in [0.15, 0.2) is 24.3 Å². The van der Waals surface area contributed by atoms with Crippen LogP contribution in [-0.2, 0) is 21.2 Å². The summed E-state index contributed by atoms with van der Waals surface area (Å²) in [5, 5.41) is 10.5. The van der Waals surface area contributed by atoms with E-state index in [1.807, 2.05) is 24.3 Å². The molecule has 162 valence electrons. The van der Waals surface area contributed by atoms with E-state index in [1.54, 1.807) is 11.8 Å². The first-order valence-corrected chi connectivity index (χ1v) is 11.8. The fraction of sp³-hybridized carbons (Fsp3) is 0.650. The number of rotatable bonds is 5. The number of ether oxygens (including phenoxy) is 1. The normalized spacial score (nSPS) is 27.2. The van der Waals surface area contributed by atoms with Crippen LogP contribution in [0, 0.1) is 0 Å². The van der Waals surface area contributed by atoms with Gasteiger partial charge in [0, 0.05) is 18.7 Å². The Kier molecular flexibility index (Phi) is 6.35. The highest BCUT2D eigenvalue weighted by Gasteiger charge is 2.49. The van der Waals surface area contributed by atoms with Gasteiger partial charge in [-0.05, 0) is 56.8 Å². The summed E-state index contributed by atoms with van der Waals surface area (Å²) in [5.74, 6) is -0.0206. The molecule has 2 atom stereocenters. The molecular weight excluding hydrogens is 394 g/mol. The van der Waals surface area contributed by atoms with Gasteiger partial charge in [-0.3, -0.25) is 4.79 Å². The smallest absolute Gasteiger partial charge is 0.253 e. The number of hydrogen-bond donors (Lipinski definition) is 3. The van der Waals surface area contributed by atoms with Gasteiger partial charge < -0.3 is 20.5 Å². The molecule has 0 radical (unpaired) electrons. The first-order chi connectivity index (χ1) is 13.5. The lowest BCUT2D eigenvalue weighted by molar-refractivity contribution is -0.187. The number of nitrogens with zero attached hydrogens (tertiary/aromatic N) is 1. The topological polar surface area (TPSA) is 122 Å². The Morgan fingerprint density at radius 3 is 2.48 bits per heavy atom. The molecule has 2 heterocycles. The lowest BCUT2D eigenvalue weighted by atomic mass is 9.78. The molecule has 4 N–H and O–H groups in total. The minimum atomic E-state index is -3.46. The Bertz CT molecular complexity index is 830. The van der Waals surface area contributed by atoms with Crippen LogP contribution >= 0.6 is 0 Å². The maximum absolute atomic E-state index is 12.8. The number of carbonyl (C=O) groups is 1. The summed E-state index contributed by atoms with van der Waals surface area (Å²) in [7, 11) is -3.46. The molecule has 3 rings (SSSR count). The minimum Gasteiger partial charge on any atom is -0.386 e. The molecular formula is C20H31N3O5S. The lowest BCUT2D eigenvalue weighted by Gasteiger charge is -2.50. The molecule has 2 aliphatic heterocycles. The number of sulfonamides is 1. The lowest BCUT2D eigenvalue weighted by Crippen LogP contribution is -2.64. The number of nitrogens with one attached hydrogen (secondary N) is 1. The molecule has 9 heteroatoms. The van der Waals surface area contributed by atoms with E-state index in [4.69, 9.17) is 10.5 Å². The second-order valence-corrected chi connectivity index (χ2v) is 10.3. The van der Waals surface area contributed by atoms with Crippen molar-refractivity contribution in [3.8, 4) is 0 Å². The third-order valence-corrected chi connectivity index (χ3v) is 6.66. The molecule has 29 heavy (non-hydrogen) atoms. The molecule has 0 unspecified atom stereocenters. The van der Waals surface area contributed by atoms with Crippen molar-refractivity contribution in [2.24, 2.45) is 5.73 Å². The molecule has 1 aromatic carbocycles. The first kappa shape index (κ1) is 22.2. The number of hydrogen-bond acceptors (Lipinski definition) is 6. The van der Waals surface area contributed by atoms with Crippen LogP contribution in [0.3, 0.4) is 0 Å². The van der Waals surface area contributed by atoms with Crippen molar-refractivity contribution in [2.75, 3.05) is 32.5 Å². The number of piperidine rings is 1. The monoisotopic (exact) mass is 425 g/mol. The molecule has 1 aromatic rings. The molecule has 2 saturated heterocycles. The summed E-state index contributed by atoms with van der Waals surface area (Å²) in [6.45, 7) is 3.25. The minimum absolute atomic E-state index is 0.0206. The van der Waals surface area contributed by atoms with Crippen molar-refractivity contribution in [3.63, 3.8) is 0 Å². The van der Waals surface area contributed by atoms with Gasteiger partial charge in [-0.2, -0.15) is 0 Å². The van der Waals surface area contributed by atoms with Crippen molar-refractivity contribution in [3.05, 3.63) is 35.4 Å². The molecule has 0 aliphatic carbocycles. The highest BCUT2D eigenvalue weighted by Crippen LogP contribution is 2.38. The number of carbonyl (C=O) groups excluding carboxylic acids is 1. The SMILES string of the molecule is C[C@]1(O)COC2(CCN(C(=O)c3ccc(CCN)cc3)CC2)C[C@@H]1NS(C)(=O)=O. The van der Waals surface area contributed by atoms with Crippen molar-refractivity contribution in [2.45, 2.75) is 49.9 Å². The highest BCUT2D eigenvalue weighted by atomic mass is 32.2. The Balaban J connectivity index is 1.63. The number of amides is 1. The zero-order chi connectivity index (χ0) is 21.3. The van der Waals surface area contributed by atoms with E-state index >= 15 is 0 Å². The molecule has 0 aromatic heterocycles. The molecule has 1 spiro atoms. The van der Waals surface area contributed by atoms with Gasteiger partial charge in [0.2, 0.25) is 10.0 Å². The second-order valence-electron chi connectivity index (χ2n) is 8.50. The Morgan fingerprint density at radius 2 is 1.93 bits per heavy atom. The standard InChI is InChI=1S/C20H31N3O5S/c1-19(25)14-28-20(13-17(19)22-29(2,26)27)8-11-23(12-9-20)18(24)16-5-3-15(4-6-16)7-10-21/h3-6,17,22,25H,7-14,21H2,1-2H3/t17-,19-/m0/s1. The quantitative estimate of drug-likeness (QED) is 0.622. The van der Waals surface area contributed by atoms with Crippen LogP contribution in [0.5, 0.6) is 0 Å². The van der Waals surface area contributed by atoms with Gasteiger partial charge in [0.1, 0.15) is 5.60 Å². The van der Waals surface area contributed by atoms with Gasteiger partial charge in [0.05, 0.1) is 24.5 Å². The predicted molar refractivity (Wildman–Crippen MR) is 110 cm³/mol. The van der Waals surface area contributed by atoms with Gasteiger partial charge >= 0.3 is 0 Å². The summed E-state index contributed by atoms with van der Waals surface area (Å²) < 4.78 is 32.0. The van der Waals surface area contributed by atoms with Crippen LogP contribution in [0.4, 0.5) is 0 Å². The van der Waals surface area contributed by atoms with Crippen LogP contribution < -0.4 is 10.5 Å². The van der Waals surface area contributed by atoms with E-state index in [1.165, 1.54) is 0 Å². The summed E-state index contributed by atoms with van der Waals surface area (Å²) >= 11 is 0. The maximum Gasteiger partial charge on any atom is 0.253 e. The predicted octanol–water partition coefficient (Wildman–Crippen LogP) is 0.252. The van der Waals surface area contributed by atoms with Crippen LogP contribution in [0.25, 0.3) is 0 Å². The summed E-state index contributed by atoms with van der Waals surface area (Å²) in [6, 6.07) is 6.90. The van der Waals surface area contributed by atoms with E-state index in [2.05, 4.69) is 4.72 Å². The molecule has 0 bridgehead atoms. The molecule has 2 aliphatic rings. The third kappa shape index (κ3) is 5.35. The Morgan fingerprint density at radius 1 is 1.31 bits per heavy atom. The van der Waals surface area contributed by atoms with Crippen molar-refractivity contribution < 1.29 is 23.1 Å². The molecule has 0 saturated carbocycles. The van der Waals surface area contributed by atoms with Crippen molar-refractivity contribution >= 4 is 15.9 Å². The number of aliphatic hydroxyl groups is 1. The first-order valence-electron chi connectivity index (χ1n) is 9.96. The van der Waals surface area contributed by atoms with Gasteiger partial charge in [-0.25, -0.2) is 13.1 Å². The number of likely N-dealkylation sites (tertiary alicyclic amines) is 1. The fourth-order valence-electron chi connectivity index (χ4n) is 4.11. The van der Waals surface area contributed by atoms with Gasteiger partial charge in [-0.15, -0.1) is 0 Å². The van der Waals surface area contributed by atoms with E-state index in [-0.39, 0.29) is 12.5 Å². The van der Waals surface area contributed by atoms with Crippen molar-refractivity contribution in [1.29, 1.82) is 0 Å². The van der Waals surface area contributed by atoms with Gasteiger partial charge in [0.15, 0.2) is 0 Å². The number of nitrogens with two attached hydrogens (primary N) is 1. The summed E-state index contributed by atoms with van der Waals surface area (Å²) in [5.41, 5.74) is 5.51. The maximum atomic E-state index is 12.8. The van der Waals surface area contributed by atoms with Crippen LogP contribution in [0.1, 0.15) is 42.1 Å². The third-order valence-electron chi connectivity index (χ3n) is 5.95. The molecule has 2 fully saturated rings. The Labute approximate surface area is 172 Å². The van der Waals surface area contributed by atoms with E-state index in [9.17, 15) is 18.3 Å². The van der Waals surface area contributed by atoms with Gasteiger partial charge in [-0.1, -0.05) is 12.1 Å². The Hall–Kier alpha value is -1.52. The van der Waals surface area contributed by atoms with Gasteiger partial charge in [0.25, 0.3) is 5.91 Å². The zero-order valence-electron chi connectivity index (χ0n) is 17.1. The second kappa shape index (κ2) is 8.31. The average Bonchev–Trinajstić information content (AvgIpc) is 2.65. The van der Waals surface area contributed by atoms with Crippen LogP contribution in [0.2, 0.25) is 0 Å². The zero-order valence-corrected chi connectivity index (χ0v) is 17.9. The molecule has 1 amide bonds. The largest absolute Gasteiger partial charge is 0.386 e. The van der Waals surface area contributed by atoms with E-state index in [0.717, 1.165) is 18.2 Å². The van der Waals surface area contributed by atoms with Crippen LogP contribution in [-0.4, -0.2) is 74.1 Å². The van der Waals surface area contributed by atoms with E-state index < -0.39 is 27.3 Å². The average molecular weight is 426 g/mol. The summed E-state index contributed by atoms with van der Waals surface area (Å²) in [6.07, 6.45) is 3.45. The highest BCUT2D eigenvalue weighted by molar-refractivity contribution is 7.88. The fourth-order valence-corrected chi connectivity index (χ4v) is 4.96. The number of benzene rings is 1. The van der Waals surface area contributed by atoms with E-state index in [0.29, 0.717) is 44.5 Å².